The molecule has 0 heterocycles. The maximum Gasteiger partial charge on any atom is 0.313 e. The summed E-state index contributed by atoms with van der Waals surface area (Å²) >= 11 is 0. The molecule has 0 amide bonds. The molecule has 0 aromatic rings. The second-order valence-corrected chi connectivity index (χ2v) is 5.12. The number of carbonyl (C=O) groups is 2. The van der Waals surface area contributed by atoms with Crippen LogP contribution >= 0.6 is 0 Å². The minimum Gasteiger partial charge on any atom is -0.466 e. The van der Waals surface area contributed by atoms with E-state index in [2.05, 4.69) is 0 Å². The summed E-state index contributed by atoms with van der Waals surface area (Å²) in [7, 11) is 1.79. The molecular weight excluding hydrogens is 234 g/mol. The Morgan fingerprint density at radius 1 is 1.33 bits per heavy atom. The van der Waals surface area contributed by atoms with E-state index in [1.165, 1.54) is 0 Å². The number of hydrogen-bond donors (Lipinski definition) is 1. The van der Waals surface area contributed by atoms with E-state index in [0.717, 1.165) is 25.7 Å². The number of nitrogens with zero attached hydrogens (tertiary/aromatic N) is 1. The molecule has 1 rings (SSSR count). The average molecular weight is 257 g/mol. The predicted molar refractivity (Wildman–Crippen MR) is 67.2 cm³/mol. The molecule has 0 aliphatic heterocycles. The Bertz CT molecular complexity index is 297. The lowest BCUT2D eigenvalue weighted by Crippen LogP contribution is -2.41. The lowest BCUT2D eigenvalue weighted by Gasteiger charge is -2.28. The van der Waals surface area contributed by atoms with Crippen LogP contribution in [0.4, 0.5) is 0 Å². The quantitative estimate of drug-likeness (QED) is 0.538. The highest BCUT2D eigenvalue weighted by Crippen LogP contribution is 2.29. The first-order valence-electron chi connectivity index (χ1n) is 6.53. The number of hydrogen-bond acceptors (Lipinski definition) is 5. The SMILES string of the molecule is CCOC(=O)CC(=O)CN(C)CC1(O)CCCC1. The van der Waals surface area contributed by atoms with Crippen LogP contribution < -0.4 is 0 Å². The van der Waals surface area contributed by atoms with Crippen LogP contribution in [-0.4, -0.2) is 54.1 Å². The van der Waals surface area contributed by atoms with Gasteiger partial charge in [0.2, 0.25) is 0 Å². The molecule has 1 N–H and O–H groups in total. The molecule has 5 nitrogen and oxygen atoms in total. The number of rotatable bonds is 7. The molecular formula is C13H23NO4. The van der Waals surface area contributed by atoms with Gasteiger partial charge in [-0.3, -0.25) is 14.5 Å². The van der Waals surface area contributed by atoms with E-state index in [4.69, 9.17) is 4.74 Å². The van der Waals surface area contributed by atoms with Gasteiger partial charge < -0.3 is 9.84 Å². The van der Waals surface area contributed by atoms with Crippen molar-refractivity contribution in [3.8, 4) is 0 Å². The van der Waals surface area contributed by atoms with Gasteiger partial charge in [0.25, 0.3) is 0 Å². The number of aliphatic hydroxyl groups is 1. The molecule has 0 radical (unpaired) electrons. The van der Waals surface area contributed by atoms with E-state index in [1.807, 2.05) is 0 Å². The Morgan fingerprint density at radius 2 is 1.94 bits per heavy atom. The summed E-state index contributed by atoms with van der Waals surface area (Å²) in [5.41, 5.74) is -0.654. The number of ether oxygens (including phenoxy) is 1. The van der Waals surface area contributed by atoms with Crippen LogP contribution in [0, 0.1) is 0 Å². The number of ketones is 1. The highest BCUT2D eigenvalue weighted by atomic mass is 16.5. The molecule has 1 fully saturated rings. The zero-order chi connectivity index (χ0) is 13.6. The second-order valence-electron chi connectivity index (χ2n) is 5.12. The minimum absolute atomic E-state index is 0.169. The zero-order valence-electron chi connectivity index (χ0n) is 11.3. The lowest BCUT2D eigenvalue weighted by atomic mass is 10.0. The van der Waals surface area contributed by atoms with Crippen LogP contribution in [0.3, 0.4) is 0 Å². The van der Waals surface area contributed by atoms with Crippen molar-refractivity contribution in [2.24, 2.45) is 0 Å². The minimum atomic E-state index is -0.654. The normalized spacial score (nSPS) is 18.0. The Morgan fingerprint density at radius 3 is 2.50 bits per heavy atom. The van der Waals surface area contributed by atoms with Gasteiger partial charge in [-0.25, -0.2) is 0 Å². The Kier molecular flexibility index (Phi) is 5.75. The Labute approximate surface area is 108 Å². The van der Waals surface area contributed by atoms with Crippen molar-refractivity contribution in [1.82, 2.24) is 4.90 Å². The van der Waals surface area contributed by atoms with Crippen molar-refractivity contribution >= 4 is 11.8 Å². The molecule has 0 aromatic carbocycles. The number of carbonyl (C=O) groups excluding carboxylic acids is 2. The van der Waals surface area contributed by atoms with Crippen LogP contribution in [0.5, 0.6) is 0 Å². The van der Waals surface area contributed by atoms with Crippen LogP contribution in [-0.2, 0) is 14.3 Å². The monoisotopic (exact) mass is 257 g/mol. The van der Waals surface area contributed by atoms with Gasteiger partial charge in [-0.2, -0.15) is 0 Å². The topological polar surface area (TPSA) is 66.8 Å². The third-order valence-electron chi connectivity index (χ3n) is 3.19. The number of likely N-dealkylation sites (N-methyl/N-ethyl adjacent to an activating group) is 1. The van der Waals surface area contributed by atoms with Gasteiger partial charge >= 0.3 is 5.97 Å². The molecule has 0 spiro atoms. The average Bonchev–Trinajstić information content (AvgIpc) is 2.63. The van der Waals surface area contributed by atoms with Crippen molar-refractivity contribution in [2.75, 3.05) is 26.7 Å². The smallest absolute Gasteiger partial charge is 0.313 e. The third-order valence-corrected chi connectivity index (χ3v) is 3.19. The molecule has 1 saturated carbocycles. The predicted octanol–water partition coefficient (Wildman–Crippen LogP) is 0.746. The molecule has 0 bridgehead atoms. The van der Waals surface area contributed by atoms with Crippen molar-refractivity contribution in [1.29, 1.82) is 0 Å². The summed E-state index contributed by atoms with van der Waals surface area (Å²) < 4.78 is 4.72. The third kappa shape index (κ3) is 5.14. The molecule has 1 aliphatic carbocycles. The molecule has 18 heavy (non-hydrogen) atoms. The zero-order valence-corrected chi connectivity index (χ0v) is 11.3. The summed E-state index contributed by atoms with van der Waals surface area (Å²) in [5, 5.41) is 10.2. The first kappa shape index (κ1) is 15.1. The molecule has 0 atom stereocenters. The van der Waals surface area contributed by atoms with E-state index < -0.39 is 11.6 Å². The van der Waals surface area contributed by atoms with Crippen LogP contribution in [0.2, 0.25) is 0 Å². The molecule has 5 heteroatoms. The van der Waals surface area contributed by atoms with Crippen LogP contribution in [0.1, 0.15) is 39.0 Å². The van der Waals surface area contributed by atoms with Gasteiger partial charge in [-0.15, -0.1) is 0 Å². The van der Waals surface area contributed by atoms with Crippen molar-refractivity contribution < 1.29 is 19.4 Å². The van der Waals surface area contributed by atoms with Gasteiger partial charge in [0.05, 0.1) is 18.8 Å². The molecule has 0 aromatic heterocycles. The summed E-state index contributed by atoms with van der Waals surface area (Å²) in [4.78, 5) is 24.5. The Hall–Kier alpha value is -0.940. The Balaban J connectivity index is 2.28. The highest BCUT2D eigenvalue weighted by Gasteiger charge is 2.32. The van der Waals surface area contributed by atoms with Gasteiger partial charge in [-0.05, 0) is 26.8 Å². The molecule has 0 saturated heterocycles. The van der Waals surface area contributed by atoms with Crippen LogP contribution in [0.15, 0.2) is 0 Å². The number of Topliss-reactive ketones (excluding diaryl/α,β-unsaturated/α-hetero) is 1. The van der Waals surface area contributed by atoms with Gasteiger partial charge in [-0.1, -0.05) is 12.8 Å². The lowest BCUT2D eigenvalue weighted by molar-refractivity contribution is -0.145. The summed E-state index contributed by atoms with van der Waals surface area (Å²) in [6.45, 7) is 2.68. The molecule has 104 valence electrons. The van der Waals surface area contributed by atoms with E-state index >= 15 is 0 Å². The fourth-order valence-electron chi connectivity index (χ4n) is 2.48. The molecule has 1 aliphatic rings. The first-order valence-corrected chi connectivity index (χ1v) is 6.53. The maximum absolute atomic E-state index is 11.6. The summed E-state index contributed by atoms with van der Waals surface area (Å²) in [6.07, 6.45) is 3.49. The summed E-state index contributed by atoms with van der Waals surface area (Å²) in [5.74, 6) is -0.645. The van der Waals surface area contributed by atoms with Crippen LogP contribution in [0.25, 0.3) is 0 Å². The summed E-state index contributed by atoms with van der Waals surface area (Å²) in [6, 6.07) is 0. The van der Waals surface area contributed by atoms with Crippen molar-refractivity contribution in [3.63, 3.8) is 0 Å². The highest BCUT2D eigenvalue weighted by molar-refractivity contribution is 5.96. The fourth-order valence-corrected chi connectivity index (χ4v) is 2.48. The second kappa shape index (κ2) is 6.85. The van der Waals surface area contributed by atoms with E-state index in [0.29, 0.717) is 13.2 Å². The number of esters is 1. The maximum atomic E-state index is 11.6. The van der Waals surface area contributed by atoms with Gasteiger partial charge in [0.1, 0.15) is 6.42 Å². The van der Waals surface area contributed by atoms with Gasteiger partial charge in [0.15, 0.2) is 5.78 Å². The standard InChI is InChI=1S/C13H23NO4/c1-3-18-12(16)8-11(15)9-14(2)10-13(17)6-4-5-7-13/h17H,3-10H2,1-2H3. The van der Waals surface area contributed by atoms with Crippen molar-refractivity contribution in [2.45, 2.75) is 44.6 Å². The molecule has 0 unspecified atom stereocenters. The van der Waals surface area contributed by atoms with E-state index in [1.54, 1.807) is 18.9 Å². The fraction of sp³-hybridized carbons (Fsp3) is 0.846. The van der Waals surface area contributed by atoms with Gasteiger partial charge in [0, 0.05) is 6.54 Å². The first-order chi connectivity index (χ1) is 8.45. The van der Waals surface area contributed by atoms with Crippen molar-refractivity contribution in [3.05, 3.63) is 0 Å². The van der Waals surface area contributed by atoms with E-state index in [-0.39, 0.29) is 18.7 Å². The largest absolute Gasteiger partial charge is 0.466 e. The van der Waals surface area contributed by atoms with E-state index in [9.17, 15) is 14.7 Å².